The van der Waals surface area contributed by atoms with Gasteiger partial charge in [0.05, 0.1) is 10.2 Å². The lowest BCUT2D eigenvalue weighted by Gasteiger charge is -2.07. The van der Waals surface area contributed by atoms with Gasteiger partial charge in [0.25, 0.3) is 5.56 Å². The van der Waals surface area contributed by atoms with E-state index < -0.39 is 0 Å². The van der Waals surface area contributed by atoms with Crippen LogP contribution < -0.4 is 10.9 Å². The average molecular weight is 348 g/mol. The number of ether oxygens (including phenoxy) is 1. The van der Waals surface area contributed by atoms with Gasteiger partial charge in [-0.25, -0.2) is 4.68 Å². The van der Waals surface area contributed by atoms with Crippen molar-refractivity contribution < 1.29 is 9.53 Å². The zero-order valence-electron chi connectivity index (χ0n) is 13.7. The van der Waals surface area contributed by atoms with E-state index in [4.69, 9.17) is 4.74 Å². The lowest BCUT2D eigenvalue weighted by atomic mass is 10.4. The normalized spacial score (nSPS) is 11.4. The summed E-state index contributed by atoms with van der Waals surface area (Å²) in [4.78, 5) is 25.6. The van der Waals surface area contributed by atoms with Gasteiger partial charge < -0.3 is 10.1 Å². The van der Waals surface area contributed by atoms with E-state index in [1.54, 1.807) is 22.1 Å². The van der Waals surface area contributed by atoms with E-state index in [1.165, 1.54) is 9.56 Å². The van der Waals surface area contributed by atoms with Gasteiger partial charge in [-0.15, -0.1) is 11.3 Å². The number of hydrogen-bond acceptors (Lipinski definition) is 5. The van der Waals surface area contributed by atoms with Crippen LogP contribution in [0.3, 0.4) is 0 Å². The molecule has 128 valence electrons. The quantitative estimate of drug-likeness (QED) is 0.658. The molecule has 24 heavy (non-hydrogen) atoms. The number of aromatic nitrogens is 3. The molecule has 1 N–H and O–H groups in total. The van der Waals surface area contributed by atoms with Gasteiger partial charge in [-0.05, 0) is 32.4 Å². The number of hydrogen-bond donors (Lipinski definition) is 1. The van der Waals surface area contributed by atoms with Crippen molar-refractivity contribution in [1.82, 2.24) is 19.5 Å². The Bertz CT molecular complexity index is 925. The lowest BCUT2D eigenvalue weighted by Crippen LogP contribution is -2.34. The van der Waals surface area contributed by atoms with Crippen molar-refractivity contribution in [2.45, 2.75) is 26.8 Å². The summed E-state index contributed by atoms with van der Waals surface area (Å²) in [5.41, 5.74) is 1.25. The third-order valence-electron chi connectivity index (χ3n) is 3.70. The molecule has 0 unspecified atom stereocenters. The molecule has 0 radical (unpaired) electrons. The van der Waals surface area contributed by atoms with Crippen LogP contribution in [0.5, 0.6) is 0 Å². The highest BCUT2D eigenvalue weighted by atomic mass is 32.1. The minimum Gasteiger partial charge on any atom is -0.382 e. The number of rotatable bonds is 7. The zero-order valence-corrected chi connectivity index (χ0v) is 14.6. The first-order valence-electron chi connectivity index (χ1n) is 7.92. The third kappa shape index (κ3) is 3.34. The third-order valence-corrected chi connectivity index (χ3v) is 4.68. The van der Waals surface area contributed by atoms with E-state index in [1.807, 2.05) is 26.0 Å². The van der Waals surface area contributed by atoms with Crippen LogP contribution in [0, 0.1) is 6.92 Å². The lowest BCUT2D eigenvalue weighted by molar-refractivity contribution is -0.121. The van der Waals surface area contributed by atoms with Gasteiger partial charge in [0.1, 0.15) is 18.4 Å². The Morgan fingerprint density at radius 3 is 3.00 bits per heavy atom. The molecule has 3 rings (SSSR count). The Morgan fingerprint density at radius 2 is 2.21 bits per heavy atom. The molecule has 1 amide bonds. The van der Waals surface area contributed by atoms with Crippen molar-refractivity contribution in [3.8, 4) is 0 Å². The number of thiophene rings is 1. The van der Waals surface area contributed by atoms with Crippen LogP contribution in [-0.4, -0.2) is 39.8 Å². The molecule has 3 aromatic heterocycles. The highest BCUT2D eigenvalue weighted by Gasteiger charge is 2.12. The summed E-state index contributed by atoms with van der Waals surface area (Å²) in [6.45, 7) is 5.68. The topological polar surface area (TPSA) is 77.6 Å². The molecule has 7 nitrogen and oxygen atoms in total. The summed E-state index contributed by atoms with van der Waals surface area (Å²) in [5.74, 6) is -0.227. The number of carbonyl (C=O) groups is 1. The highest BCUT2D eigenvalue weighted by molar-refractivity contribution is 7.19. The van der Waals surface area contributed by atoms with Crippen LogP contribution >= 0.6 is 11.3 Å². The van der Waals surface area contributed by atoms with Crippen LogP contribution in [0.25, 0.3) is 15.7 Å². The van der Waals surface area contributed by atoms with Crippen molar-refractivity contribution in [3.63, 3.8) is 0 Å². The first kappa shape index (κ1) is 16.7. The molecule has 0 aromatic carbocycles. The Balaban J connectivity index is 1.72. The molecule has 0 aliphatic carbocycles. The molecule has 0 fully saturated rings. The molecular weight excluding hydrogens is 328 g/mol. The molecule has 3 heterocycles. The monoisotopic (exact) mass is 348 g/mol. The van der Waals surface area contributed by atoms with Crippen molar-refractivity contribution >= 4 is 33.0 Å². The van der Waals surface area contributed by atoms with Gasteiger partial charge in [-0.1, -0.05) is 0 Å². The SMILES string of the molecule is CCOCCCNC(=O)Cn1ncn2c(cc3sc(C)cc32)c1=O. The molecule has 0 aliphatic heterocycles. The van der Waals surface area contributed by atoms with Crippen molar-refractivity contribution in [2.75, 3.05) is 19.8 Å². The highest BCUT2D eigenvalue weighted by Crippen LogP contribution is 2.26. The number of nitrogens with one attached hydrogen (secondary N) is 1. The molecule has 3 aromatic rings. The van der Waals surface area contributed by atoms with E-state index in [0.717, 1.165) is 16.6 Å². The first-order chi connectivity index (χ1) is 11.6. The second-order valence-electron chi connectivity index (χ2n) is 5.50. The fourth-order valence-electron chi connectivity index (χ4n) is 2.57. The minimum atomic E-state index is -0.261. The molecule has 0 aliphatic rings. The standard InChI is InChI=1S/C16H20N4O3S/c1-3-23-6-4-5-17-15(21)9-20-16(22)13-8-14-12(7-11(2)24-14)19(13)10-18-20/h7-8,10H,3-6,9H2,1-2H3,(H,17,21). The van der Waals surface area contributed by atoms with Crippen molar-refractivity contribution in [1.29, 1.82) is 0 Å². The molecule has 8 heteroatoms. The van der Waals surface area contributed by atoms with Crippen molar-refractivity contribution in [3.05, 3.63) is 33.7 Å². The van der Waals surface area contributed by atoms with Gasteiger partial charge in [0, 0.05) is 24.6 Å². The van der Waals surface area contributed by atoms with Gasteiger partial charge >= 0.3 is 0 Å². The maximum atomic E-state index is 12.5. The molecule has 0 atom stereocenters. The fourth-order valence-corrected chi connectivity index (χ4v) is 3.52. The second kappa shape index (κ2) is 7.14. The minimum absolute atomic E-state index is 0.0815. The molecule has 0 saturated carbocycles. The number of nitrogens with zero attached hydrogens (tertiary/aromatic N) is 3. The van der Waals surface area contributed by atoms with Crippen LogP contribution in [0.2, 0.25) is 0 Å². The predicted molar refractivity (Wildman–Crippen MR) is 93.7 cm³/mol. The zero-order chi connectivity index (χ0) is 17.1. The fraction of sp³-hybridized carbons (Fsp3) is 0.438. The van der Waals surface area contributed by atoms with Gasteiger partial charge in [-0.3, -0.25) is 14.0 Å². The Morgan fingerprint density at radius 1 is 1.38 bits per heavy atom. The van der Waals surface area contributed by atoms with Crippen LogP contribution in [0.4, 0.5) is 0 Å². The van der Waals surface area contributed by atoms with Crippen LogP contribution in [0.1, 0.15) is 18.2 Å². The Kier molecular flexibility index (Phi) is 4.96. The Hall–Kier alpha value is -2.19. The van der Waals surface area contributed by atoms with E-state index in [9.17, 15) is 9.59 Å². The summed E-state index contributed by atoms with van der Waals surface area (Å²) >= 11 is 1.64. The van der Waals surface area contributed by atoms with Gasteiger partial charge in [-0.2, -0.15) is 5.10 Å². The largest absolute Gasteiger partial charge is 0.382 e. The number of fused-ring (bicyclic) bond motifs is 3. The molecular formula is C16H20N4O3S. The summed E-state index contributed by atoms with van der Waals surface area (Å²) < 4.78 is 9.23. The van der Waals surface area contributed by atoms with Crippen LogP contribution in [-0.2, 0) is 16.1 Å². The summed E-state index contributed by atoms with van der Waals surface area (Å²) in [6.07, 6.45) is 2.34. The average Bonchev–Trinajstić information content (AvgIpc) is 3.06. The van der Waals surface area contributed by atoms with E-state index in [0.29, 0.717) is 25.3 Å². The number of carbonyl (C=O) groups excluding carboxylic acids is 1. The van der Waals surface area contributed by atoms with E-state index >= 15 is 0 Å². The molecule has 0 saturated heterocycles. The maximum Gasteiger partial charge on any atom is 0.291 e. The van der Waals surface area contributed by atoms with E-state index in [-0.39, 0.29) is 18.0 Å². The van der Waals surface area contributed by atoms with E-state index in [2.05, 4.69) is 10.4 Å². The van der Waals surface area contributed by atoms with Gasteiger partial charge in [0.2, 0.25) is 5.91 Å². The van der Waals surface area contributed by atoms with Crippen LogP contribution in [0.15, 0.2) is 23.3 Å². The second-order valence-corrected chi connectivity index (χ2v) is 6.79. The number of aryl methyl sites for hydroxylation is 1. The summed E-state index contributed by atoms with van der Waals surface area (Å²) in [7, 11) is 0. The number of amides is 1. The predicted octanol–water partition coefficient (Wildman–Crippen LogP) is 1.56. The Labute approximate surface area is 142 Å². The molecule has 0 bridgehead atoms. The summed E-state index contributed by atoms with van der Waals surface area (Å²) in [5, 5.41) is 6.89. The first-order valence-corrected chi connectivity index (χ1v) is 8.73. The van der Waals surface area contributed by atoms with Gasteiger partial charge in [0.15, 0.2) is 0 Å². The maximum absolute atomic E-state index is 12.5. The molecule has 0 spiro atoms. The summed E-state index contributed by atoms with van der Waals surface area (Å²) in [6, 6.07) is 3.89. The van der Waals surface area contributed by atoms with Crippen molar-refractivity contribution in [2.24, 2.45) is 0 Å². The smallest absolute Gasteiger partial charge is 0.291 e.